The van der Waals surface area contributed by atoms with E-state index < -0.39 is 33.9 Å². The zero-order chi connectivity index (χ0) is 21.6. The number of rotatable bonds is 5. The van der Waals surface area contributed by atoms with Gasteiger partial charge in [0.05, 0.1) is 34.6 Å². The molecule has 1 aliphatic carbocycles. The highest BCUT2D eigenvalue weighted by atomic mass is 35.5. The molecule has 3 aromatic rings. The molecule has 1 fully saturated rings. The van der Waals surface area contributed by atoms with E-state index in [9.17, 15) is 29.0 Å². The molecule has 0 radical (unpaired) electrons. The summed E-state index contributed by atoms with van der Waals surface area (Å²) in [5, 5.41) is 19.9. The third-order valence-corrected chi connectivity index (χ3v) is 5.83. The van der Waals surface area contributed by atoms with Crippen molar-refractivity contribution in [2.24, 2.45) is 0 Å². The van der Waals surface area contributed by atoms with E-state index in [-0.39, 0.29) is 34.6 Å². The fourth-order valence-electron chi connectivity index (χ4n) is 3.73. The van der Waals surface area contributed by atoms with E-state index in [1.54, 1.807) is 6.07 Å². The van der Waals surface area contributed by atoms with Gasteiger partial charge < -0.3 is 19.3 Å². The van der Waals surface area contributed by atoms with Crippen molar-refractivity contribution in [3.05, 3.63) is 79.2 Å². The van der Waals surface area contributed by atoms with E-state index in [1.165, 1.54) is 29.0 Å². The molecule has 0 spiro atoms. The molecule has 1 aliphatic rings. The average molecular weight is 433 g/mol. The minimum Gasteiger partial charge on any atom is -0.477 e. The van der Waals surface area contributed by atoms with Crippen LogP contribution in [0.4, 0.5) is 4.39 Å². The van der Waals surface area contributed by atoms with Crippen molar-refractivity contribution in [3.8, 4) is 0 Å². The Bertz CT molecular complexity index is 1290. The van der Waals surface area contributed by atoms with Crippen LogP contribution in [0.3, 0.4) is 0 Å². The predicted molar refractivity (Wildman–Crippen MR) is 109 cm³/mol. The van der Waals surface area contributed by atoms with Crippen LogP contribution in [0.25, 0.3) is 10.9 Å². The minimum atomic E-state index is -1.41. The van der Waals surface area contributed by atoms with Crippen molar-refractivity contribution in [2.75, 3.05) is 0 Å². The van der Waals surface area contributed by atoms with Gasteiger partial charge in [0.1, 0.15) is 11.4 Å². The quantitative estimate of drug-likeness (QED) is 0.645. The van der Waals surface area contributed by atoms with Crippen molar-refractivity contribution >= 4 is 28.5 Å². The molecule has 30 heavy (non-hydrogen) atoms. The molecule has 0 saturated heterocycles. The highest BCUT2D eigenvalue weighted by Gasteiger charge is 2.35. The molecule has 0 bridgehead atoms. The molecule has 9 heteroatoms. The van der Waals surface area contributed by atoms with Gasteiger partial charge in [-0.2, -0.15) is 0 Å². The molecular weight excluding hydrogens is 415 g/mol. The van der Waals surface area contributed by atoms with Gasteiger partial charge in [0.2, 0.25) is 5.43 Å². The van der Waals surface area contributed by atoms with Crippen LogP contribution in [-0.4, -0.2) is 30.9 Å². The maximum Gasteiger partial charge on any atom is 0.341 e. The van der Waals surface area contributed by atoms with E-state index in [1.807, 2.05) is 0 Å². The van der Waals surface area contributed by atoms with E-state index in [4.69, 9.17) is 11.6 Å². The average Bonchev–Trinajstić information content (AvgIpc) is 2.67. The van der Waals surface area contributed by atoms with Crippen molar-refractivity contribution in [3.63, 3.8) is 0 Å². The molecule has 0 atom stereocenters. The Balaban J connectivity index is 1.89. The minimum absolute atomic E-state index is 0.000130. The van der Waals surface area contributed by atoms with Gasteiger partial charge in [0.25, 0.3) is 5.56 Å². The fraction of sp³-hybridized carbons (Fsp3) is 0.286. The Hall–Kier alpha value is -2.97. The molecule has 2 N–H and O–H groups in total. The first-order valence-corrected chi connectivity index (χ1v) is 9.72. The number of aromatic nitrogens is 2. The van der Waals surface area contributed by atoms with E-state index >= 15 is 0 Å². The van der Waals surface area contributed by atoms with Crippen molar-refractivity contribution in [1.29, 1.82) is 0 Å². The number of aromatic carboxylic acids is 1. The molecule has 0 amide bonds. The number of halogens is 2. The van der Waals surface area contributed by atoms with E-state index in [0.717, 1.165) is 17.2 Å². The van der Waals surface area contributed by atoms with Gasteiger partial charge in [-0.15, -0.1) is 0 Å². The predicted octanol–water partition coefficient (Wildman–Crippen LogP) is 2.62. The number of hydrogen-bond donors (Lipinski definition) is 2. The lowest BCUT2D eigenvalue weighted by molar-refractivity contribution is -0.0465. The molecule has 1 aromatic carbocycles. The number of carboxylic acid groups (broad SMARTS) is 1. The number of benzene rings is 1. The smallest absolute Gasteiger partial charge is 0.341 e. The van der Waals surface area contributed by atoms with Gasteiger partial charge in [-0.25, -0.2) is 9.18 Å². The lowest BCUT2D eigenvalue weighted by Gasteiger charge is -2.37. The summed E-state index contributed by atoms with van der Waals surface area (Å²) in [6.07, 6.45) is 4.33. The number of aliphatic hydroxyl groups is 1. The third-order valence-electron chi connectivity index (χ3n) is 5.54. The van der Waals surface area contributed by atoms with Crippen molar-refractivity contribution in [2.45, 2.75) is 38.0 Å². The summed E-state index contributed by atoms with van der Waals surface area (Å²) in [5.41, 5.74) is -2.35. The van der Waals surface area contributed by atoms with E-state index in [0.29, 0.717) is 12.8 Å². The Morgan fingerprint density at radius 1 is 1.20 bits per heavy atom. The summed E-state index contributed by atoms with van der Waals surface area (Å²) in [5.74, 6) is -2.08. The molecule has 2 aromatic heterocycles. The third kappa shape index (κ3) is 3.53. The van der Waals surface area contributed by atoms with Gasteiger partial charge in [0.15, 0.2) is 0 Å². The Morgan fingerprint density at radius 3 is 2.57 bits per heavy atom. The maximum atomic E-state index is 14.3. The van der Waals surface area contributed by atoms with Crippen molar-refractivity contribution in [1.82, 2.24) is 9.13 Å². The molecule has 2 heterocycles. The second-order valence-corrected chi connectivity index (χ2v) is 8.04. The number of pyridine rings is 2. The topological polar surface area (TPSA) is 102 Å². The summed E-state index contributed by atoms with van der Waals surface area (Å²) < 4.78 is 16.8. The molecular formula is C21H18ClFN2O5. The molecule has 0 aliphatic heterocycles. The zero-order valence-corrected chi connectivity index (χ0v) is 16.5. The summed E-state index contributed by atoms with van der Waals surface area (Å²) >= 11 is 5.79. The van der Waals surface area contributed by atoms with Crippen LogP contribution in [0.5, 0.6) is 0 Å². The Labute approximate surface area is 174 Å². The molecule has 7 nitrogen and oxygen atoms in total. The van der Waals surface area contributed by atoms with Crippen LogP contribution in [0.1, 0.15) is 35.2 Å². The first-order valence-electron chi connectivity index (χ1n) is 9.35. The number of carboxylic acids is 1. The second kappa shape index (κ2) is 7.37. The maximum absolute atomic E-state index is 14.3. The lowest BCUT2D eigenvalue weighted by Crippen LogP contribution is -2.41. The standard InChI is InChI=1S/C21H18ClFN2O5/c22-15-4-1-3-12(18(15)23)8-24-9-13-16(7-17(24)26)25(11-21(30)5-2-6-21)10-14(19(13)27)20(28)29/h1,3-4,7,9-10,30H,2,5-6,8,11H2,(H,28,29). The van der Waals surface area contributed by atoms with E-state index in [2.05, 4.69) is 0 Å². The summed E-state index contributed by atoms with van der Waals surface area (Å²) in [7, 11) is 0. The van der Waals surface area contributed by atoms with Crippen LogP contribution < -0.4 is 11.0 Å². The first kappa shape index (κ1) is 20.3. The number of fused-ring (bicyclic) bond motifs is 1. The summed E-state index contributed by atoms with van der Waals surface area (Å²) in [6, 6.07) is 5.59. The normalized spacial score (nSPS) is 15.2. The van der Waals surface area contributed by atoms with Crippen LogP contribution in [0.15, 0.2) is 46.2 Å². The monoisotopic (exact) mass is 432 g/mol. The SMILES string of the molecule is O=C(O)c1cn(CC2(O)CCC2)c2cc(=O)n(Cc3cccc(Cl)c3F)cc2c1=O. The largest absolute Gasteiger partial charge is 0.477 e. The molecule has 4 rings (SSSR count). The molecule has 1 saturated carbocycles. The van der Waals surface area contributed by atoms with Gasteiger partial charge in [-0.05, 0) is 25.3 Å². The van der Waals surface area contributed by atoms with Gasteiger partial charge in [-0.1, -0.05) is 23.7 Å². The van der Waals surface area contributed by atoms with Gasteiger partial charge in [-0.3, -0.25) is 9.59 Å². The van der Waals surface area contributed by atoms with Crippen LogP contribution >= 0.6 is 11.6 Å². The zero-order valence-electron chi connectivity index (χ0n) is 15.8. The Kier molecular flexibility index (Phi) is 4.99. The van der Waals surface area contributed by atoms with Gasteiger partial charge >= 0.3 is 5.97 Å². The summed E-state index contributed by atoms with van der Waals surface area (Å²) in [4.78, 5) is 37.0. The number of carbonyl (C=O) groups is 1. The van der Waals surface area contributed by atoms with Crippen LogP contribution in [-0.2, 0) is 13.1 Å². The fourth-order valence-corrected chi connectivity index (χ4v) is 3.92. The van der Waals surface area contributed by atoms with Crippen molar-refractivity contribution < 1.29 is 19.4 Å². The first-order chi connectivity index (χ1) is 14.2. The second-order valence-electron chi connectivity index (χ2n) is 7.63. The summed E-state index contributed by atoms with van der Waals surface area (Å²) in [6.45, 7) is -0.113. The van der Waals surface area contributed by atoms with Gasteiger partial charge in [0, 0.05) is 24.0 Å². The highest BCUT2D eigenvalue weighted by molar-refractivity contribution is 6.30. The highest BCUT2D eigenvalue weighted by Crippen LogP contribution is 2.33. The van der Waals surface area contributed by atoms with Crippen LogP contribution in [0, 0.1) is 5.82 Å². The number of nitrogens with zero attached hydrogens (tertiary/aromatic N) is 2. The molecule has 156 valence electrons. The Morgan fingerprint density at radius 2 is 1.93 bits per heavy atom. The van der Waals surface area contributed by atoms with Crippen LogP contribution in [0.2, 0.25) is 5.02 Å². The lowest BCUT2D eigenvalue weighted by atomic mass is 9.80. The number of hydrogen-bond acceptors (Lipinski definition) is 4. The molecule has 0 unspecified atom stereocenters.